The second-order valence-corrected chi connectivity index (χ2v) is 5.39. The number of pyridine rings is 1. The van der Waals surface area contributed by atoms with Crippen LogP contribution in [0.3, 0.4) is 0 Å². The summed E-state index contributed by atoms with van der Waals surface area (Å²) in [5.74, 6) is 1.44. The van der Waals surface area contributed by atoms with Crippen molar-refractivity contribution < 1.29 is 0 Å². The summed E-state index contributed by atoms with van der Waals surface area (Å²) in [6.45, 7) is 0. The zero-order chi connectivity index (χ0) is 11.0. The third-order valence-corrected chi connectivity index (χ3v) is 4.06. The number of hydrogen-bond acceptors (Lipinski definition) is 2. The normalized spacial score (nSPS) is 26.2. The van der Waals surface area contributed by atoms with Gasteiger partial charge in [0.2, 0.25) is 0 Å². The molecule has 3 rings (SSSR count). The Balaban J connectivity index is 1.80. The summed E-state index contributed by atoms with van der Waals surface area (Å²) in [5, 5.41) is 0. The first-order valence-corrected chi connectivity index (χ1v) is 6.54. The maximum absolute atomic E-state index is 6.36. The minimum Gasteiger partial charge on any atom is -0.327 e. The van der Waals surface area contributed by atoms with Crippen molar-refractivity contribution in [1.82, 2.24) is 4.98 Å². The fourth-order valence-corrected chi connectivity index (χ4v) is 2.96. The van der Waals surface area contributed by atoms with E-state index in [-0.39, 0.29) is 0 Å². The van der Waals surface area contributed by atoms with E-state index in [2.05, 4.69) is 11.1 Å². The van der Waals surface area contributed by atoms with Crippen LogP contribution in [-0.2, 0) is 6.42 Å². The van der Waals surface area contributed by atoms with Gasteiger partial charge in [-0.3, -0.25) is 4.98 Å². The summed E-state index contributed by atoms with van der Waals surface area (Å²) in [4.78, 5) is 4.57. The minimum atomic E-state index is 0.335. The van der Waals surface area contributed by atoms with E-state index in [1.54, 1.807) is 0 Å². The molecule has 86 valence electrons. The van der Waals surface area contributed by atoms with E-state index in [1.165, 1.54) is 49.8 Å². The Bertz CT molecular complexity index is 371. The molecule has 2 unspecified atom stereocenters. The molecule has 2 nitrogen and oxygen atoms in total. The standard InChI is InChI=1S/C14H20N2/c15-13(9-10-6-7-10)12-5-1-3-11-4-2-8-16-14(11)12/h2,4,8,10,12-13H,1,3,5-7,9,15H2. The van der Waals surface area contributed by atoms with Gasteiger partial charge in [-0.1, -0.05) is 18.9 Å². The zero-order valence-electron chi connectivity index (χ0n) is 9.73. The topological polar surface area (TPSA) is 38.9 Å². The van der Waals surface area contributed by atoms with Crippen LogP contribution in [0.4, 0.5) is 0 Å². The van der Waals surface area contributed by atoms with Gasteiger partial charge in [0.05, 0.1) is 0 Å². The summed E-state index contributed by atoms with van der Waals surface area (Å²) < 4.78 is 0. The van der Waals surface area contributed by atoms with Gasteiger partial charge in [0, 0.05) is 23.9 Å². The maximum atomic E-state index is 6.36. The van der Waals surface area contributed by atoms with Crippen molar-refractivity contribution in [3.05, 3.63) is 29.6 Å². The van der Waals surface area contributed by atoms with Crippen LogP contribution in [-0.4, -0.2) is 11.0 Å². The highest BCUT2D eigenvalue weighted by atomic mass is 14.7. The maximum Gasteiger partial charge on any atom is 0.0481 e. The number of hydrogen-bond donors (Lipinski definition) is 1. The van der Waals surface area contributed by atoms with Crippen LogP contribution in [0.2, 0.25) is 0 Å². The molecule has 1 aromatic rings. The van der Waals surface area contributed by atoms with E-state index in [4.69, 9.17) is 5.73 Å². The highest BCUT2D eigenvalue weighted by Gasteiger charge is 2.31. The second kappa shape index (κ2) is 4.17. The summed E-state index contributed by atoms with van der Waals surface area (Å²) in [5.41, 5.74) is 9.09. The largest absolute Gasteiger partial charge is 0.327 e. The second-order valence-electron chi connectivity index (χ2n) is 5.39. The molecule has 2 aliphatic carbocycles. The number of fused-ring (bicyclic) bond motifs is 1. The molecular weight excluding hydrogens is 196 g/mol. The van der Waals surface area contributed by atoms with Crippen molar-refractivity contribution in [3.63, 3.8) is 0 Å². The van der Waals surface area contributed by atoms with Crippen LogP contribution >= 0.6 is 0 Å². The average Bonchev–Trinajstić information content (AvgIpc) is 3.12. The first-order chi connectivity index (χ1) is 7.84. The molecule has 16 heavy (non-hydrogen) atoms. The van der Waals surface area contributed by atoms with E-state index < -0.39 is 0 Å². The fourth-order valence-electron chi connectivity index (χ4n) is 2.96. The van der Waals surface area contributed by atoms with E-state index in [0.29, 0.717) is 12.0 Å². The van der Waals surface area contributed by atoms with Gasteiger partial charge in [0.15, 0.2) is 0 Å². The van der Waals surface area contributed by atoms with Gasteiger partial charge in [0.1, 0.15) is 0 Å². The Kier molecular flexibility index (Phi) is 2.68. The number of nitrogens with zero attached hydrogens (tertiary/aromatic N) is 1. The number of rotatable bonds is 3. The third kappa shape index (κ3) is 1.99. The van der Waals surface area contributed by atoms with E-state index in [1.807, 2.05) is 12.3 Å². The molecule has 2 heteroatoms. The minimum absolute atomic E-state index is 0.335. The van der Waals surface area contributed by atoms with Crippen LogP contribution in [0.15, 0.2) is 18.3 Å². The molecule has 0 spiro atoms. The van der Waals surface area contributed by atoms with Crippen molar-refractivity contribution in [2.75, 3.05) is 0 Å². The van der Waals surface area contributed by atoms with Crippen LogP contribution < -0.4 is 5.73 Å². The van der Waals surface area contributed by atoms with Crippen molar-refractivity contribution in [1.29, 1.82) is 0 Å². The van der Waals surface area contributed by atoms with Gasteiger partial charge in [-0.2, -0.15) is 0 Å². The molecule has 0 amide bonds. The van der Waals surface area contributed by atoms with Gasteiger partial charge in [0.25, 0.3) is 0 Å². The van der Waals surface area contributed by atoms with Crippen LogP contribution in [0.5, 0.6) is 0 Å². The first-order valence-electron chi connectivity index (χ1n) is 6.54. The highest BCUT2D eigenvalue weighted by Crippen LogP contribution is 2.39. The summed E-state index contributed by atoms with van der Waals surface area (Å²) in [7, 11) is 0. The molecule has 0 bridgehead atoms. The molecule has 1 aromatic heterocycles. The number of aryl methyl sites for hydroxylation is 1. The molecule has 0 saturated heterocycles. The zero-order valence-corrected chi connectivity index (χ0v) is 9.73. The molecule has 2 atom stereocenters. The molecule has 0 aliphatic heterocycles. The lowest BCUT2D eigenvalue weighted by molar-refractivity contribution is 0.417. The monoisotopic (exact) mass is 216 g/mol. The van der Waals surface area contributed by atoms with Gasteiger partial charge in [-0.25, -0.2) is 0 Å². The fraction of sp³-hybridized carbons (Fsp3) is 0.643. The third-order valence-electron chi connectivity index (χ3n) is 4.06. The summed E-state index contributed by atoms with van der Waals surface area (Å²) in [6.07, 6.45) is 9.63. The van der Waals surface area contributed by atoms with Gasteiger partial charge in [-0.05, 0) is 43.2 Å². The van der Waals surface area contributed by atoms with Gasteiger partial charge < -0.3 is 5.73 Å². The molecule has 2 N–H and O–H groups in total. The van der Waals surface area contributed by atoms with E-state index in [0.717, 1.165) is 5.92 Å². The first kappa shape index (κ1) is 10.3. The van der Waals surface area contributed by atoms with Crippen molar-refractivity contribution in [2.45, 2.75) is 50.5 Å². The number of aromatic nitrogens is 1. The highest BCUT2D eigenvalue weighted by molar-refractivity contribution is 5.27. The molecule has 0 aromatic carbocycles. The predicted molar refractivity (Wildman–Crippen MR) is 65.2 cm³/mol. The number of nitrogens with two attached hydrogens (primary N) is 1. The molecule has 1 fully saturated rings. The van der Waals surface area contributed by atoms with E-state index >= 15 is 0 Å². The molecule has 0 radical (unpaired) electrons. The lowest BCUT2D eigenvalue weighted by atomic mass is 9.81. The molecule has 1 saturated carbocycles. The van der Waals surface area contributed by atoms with Crippen molar-refractivity contribution in [3.8, 4) is 0 Å². The van der Waals surface area contributed by atoms with Crippen LogP contribution in [0.25, 0.3) is 0 Å². The van der Waals surface area contributed by atoms with Crippen LogP contribution in [0, 0.1) is 5.92 Å². The Morgan fingerprint density at radius 2 is 2.25 bits per heavy atom. The Morgan fingerprint density at radius 3 is 3.06 bits per heavy atom. The average molecular weight is 216 g/mol. The van der Waals surface area contributed by atoms with Gasteiger partial charge in [-0.15, -0.1) is 0 Å². The quantitative estimate of drug-likeness (QED) is 0.843. The summed E-state index contributed by atoms with van der Waals surface area (Å²) >= 11 is 0. The van der Waals surface area contributed by atoms with Gasteiger partial charge >= 0.3 is 0 Å². The van der Waals surface area contributed by atoms with Crippen LogP contribution in [0.1, 0.15) is 49.3 Å². The Morgan fingerprint density at radius 1 is 1.38 bits per heavy atom. The predicted octanol–water partition coefficient (Wildman–Crippen LogP) is 2.63. The van der Waals surface area contributed by atoms with Crippen molar-refractivity contribution in [2.24, 2.45) is 11.7 Å². The lowest BCUT2D eigenvalue weighted by Crippen LogP contribution is -2.32. The van der Waals surface area contributed by atoms with E-state index in [9.17, 15) is 0 Å². The Labute approximate surface area is 97.3 Å². The molecule has 2 aliphatic rings. The smallest absolute Gasteiger partial charge is 0.0481 e. The summed E-state index contributed by atoms with van der Waals surface area (Å²) in [6, 6.07) is 4.60. The van der Waals surface area contributed by atoms with Crippen molar-refractivity contribution >= 4 is 0 Å². The molecular formula is C14H20N2. The molecule has 1 heterocycles. The SMILES string of the molecule is NC(CC1CC1)C1CCCc2cccnc21. The lowest BCUT2D eigenvalue weighted by Gasteiger charge is -2.29. The Hall–Kier alpha value is -0.890.